The molecular formula is C16H18N2O2S. The molecule has 0 radical (unpaired) electrons. The van der Waals surface area contributed by atoms with Crippen LogP contribution in [0.4, 0.5) is 0 Å². The van der Waals surface area contributed by atoms with Gasteiger partial charge in [0.2, 0.25) is 0 Å². The van der Waals surface area contributed by atoms with Crippen LogP contribution in [0.15, 0.2) is 36.4 Å². The largest absolute Gasteiger partial charge is 0.506 e. The molecular weight excluding hydrogens is 284 g/mol. The van der Waals surface area contributed by atoms with Crippen LogP contribution in [0.2, 0.25) is 0 Å². The van der Waals surface area contributed by atoms with Gasteiger partial charge in [-0.25, -0.2) is 0 Å². The van der Waals surface area contributed by atoms with Crippen molar-refractivity contribution in [1.29, 1.82) is 0 Å². The molecule has 0 saturated carbocycles. The lowest BCUT2D eigenvalue weighted by Crippen LogP contribution is -2.42. The fourth-order valence-electron chi connectivity index (χ4n) is 2.24. The topological polar surface area (TPSA) is 66.6 Å². The van der Waals surface area contributed by atoms with Crippen LogP contribution in [0, 0.1) is 0 Å². The quantitative estimate of drug-likeness (QED) is 0.852. The lowest BCUT2D eigenvalue weighted by Gasteiger charge is -2.26. The zero-order valence-electron chi connectivity index (χ0n) is 12.0. The molecule has 2 aromatic carbocycles. The Morgan fingerprint density at radius 1 is 1.29 bits per heavy atom. The van der Waals surface area contributed by atoms with E-state index in [4.69, 9.17) is 18.0 Å². The molecule has 1 amide bonds. The number of amides is 1. The molecule has 21 heavy (non-hydrogen) atoms. The molecule has 2 rings (SSSR count). The number of rotatable bonds is 4. The summed E-state index contributed by atoms with van der Waals surface area (Å²) in [5, 5.41) is 11.9. The van der Waals surface area contributed by atoms with E-state index in [-0.39, 0.29) is 34.8 Å². The molecule has 110 valence electrons. The van der Waals surface area contributed by atoms with Gasteiger partial charge < -0.3 is 15.7 Å². The van der Waals surface area contributed by atoms with Crippen LogP contribution >= 0.6 is 12.2 Å². The van der Waals surface area contributed by atoms with Gasteiger partial charge in [-0.1, -0.05) is 42.5 Å². The number of nitrogens with two attached hydrogens (primary N) is 1. The first-order valence-corrected chi connectivity index (χ1v) is 7.12. The first-order valence-electron chi connectivity index (χ1n) is 6.71. The van der Waals surface area contributed by atoms with Crippen LogP contribution < -0.4 is 5.73 Å². The first-order chi connectivity index (χ1) is 9.91. The van der Waals surface area contributed by atoms with Crippen molar-refractivity contribution >= 4 is 33.9 Å². The molecule has 0 fully saturated rings. The predicted octanol–water partition coefficient (Wildman–Crippen LogP) is 2.68. The highest BCUT2D eigenvalue weighted by Gasteiger charge is 2.22. The van der Waals surface area contributed by atoms with E-state index in [0.29, 0.717) is 5.39 Å². The molecule has 2 aromatic rings. The number of thiocarbonyl (C=S) groups is 1. The van der Waals surface area contributed by atoms with Crippen molar-refractivity contribution in [3.63, 3.8) is 0 Å². The number of carbonyl (C=O) groups excluding carboxylic acids is 1. The monoisotopic (exact) mass is 302 g/mol. The Hall–Kier alpha value is -2.14. The number of carbonyl (C=O) groups is 1. The number of nitrogens with zero attached hydrogens (tertiary/aromatic N) is 1. The third-order valence-corrected chi connectivity index (χ3v) is 3.47. The van der Waals surface area contributed by atoms with E-state index in [1.54, 1.807) is 17.0 Å². The molecule has 0 aliphatic rings. The van der Waals surface area contributed by atoms with Crippen molar-refractivity contribution in [2.75, 3.05) is 6.54 Å². The van der Waals surface area contributed by atoms with Gasteiger partial charge in [-0.05, 0) is 25.3 Å². The van der Waals surface area contributed by atoms with Crippen LogP contribution in [-0.2, 0) is 0 Å². The highest BCUT2D eigenvalue weighted by Crippen LogP contribution is 2.29. The number of phenolic OH excluding ortho intramolecular Hbond substituents is 1. The van der Waals surface area contributed by atoms with E-state index < -0.39 is 0 Å². The minimum atomic E-state index is -0.277. The average molecular weight is 302 g/mol. The van der Waals surface area contributed by atoms with Gasteiger partial charge in [-0.3, -0.25) is 4.79 Å². The van der Waals surface area contributed by atoms with Gasteiger partial charge >= 0.3 is 0 Å². The summed E-state index contributed by atoms with van der Waals surface area (Å²) in [6.07, 6.45) is 0. The Kier molecular flexibility index (Phi) is 4.43. The second kappa shape index (κ2) is 6.10. The fourth-order valence-corrected chi connectivity index (χ4v) is 2.38. The Balaban J connectivity index is 2.47. The highest BCUT2D eigenvalue weighted by molar-refractivity contribution is 7.80. The van der Waals surface area contributed by atoms with Crippen LogP contribution in [0.3, 0.4) is 0 Å². The molecule has 5 heteroatoms. The first kappa shape index (κ1) is 15.3. The maximum atomic E-state index is 12.6. The van der Waals surface area contributed by atoms with E-state index in [0.717, 1.165) is 5.39 Å². The summed E-state index contributed by atoms with van der Waals surface area (Å²) < 4.78 is 0. The van der Waals surface area contributed by atoms with E-state index in [1.807, 2.05) is 38.1 Å². The summed E-state index contributed by atoms with van der Waals surface area (Å²) in [7, 11) is 0. The maximum absolute atomic E-state index is 12.6. The molecule has 4 nitrogen and oxygen atoms in total. The van der Waals surface area contributed by atoms with Crippen molar-refractivity contribution in [2.24, 2.45) is 5.73 Å². The van der Waals surface area contributed by atoms with Crippen LogP contribution in [0.1, 0.15) is 24.2 Å². The van der Waals surface area contributed by atoms with Gasteiger partial charge in [-0.15, -0.1) is 0 Å². The summed E-state index contributed by atoms with van der Waals surface area (Å²) in [6.45, 7) is 3.96. The number of aromatic hydroxyl groups is 1. The van der Waals surface area contributed by atoms with Crippen LogP contribution in [0.5, 0.6) is 5.75 Å². The number of phenols is 1. The zero-order valence-corrected chi connectivity index (χ0v) is 12.9. The molecule has 3 N–H and O–H groups in total. The van der Waals surface area contributed by atoms with E-state index in [1.165, 1.54) is 0 Å². The summed E-state index contributed by atoms with van der Waals surface area (Å²) in [4.78, 5) is 14.4. The smallest absolute Gasteiger partial charge is 0.258 e. The van der Waals surface area contributed by atoms with Crippen molar-refractivity contribution in [1.82, 2.24) is 4.90 Å². The summed E-state index contributed by atoms with van der Waals surface area (Å²) in [5.41, 5.74) is 5.81. The van der Waals surface area contributed by atoms with Crippen molar-refractivity contribution in [3.8, 4) is 5.75 Å². The molecule has 0 heterocycles. The van der Waals surface area contributed by atoms with Crippen molar-refractivity contribution in [3.05, 3.63) is 42.0 Å². The Morgan fingerprint density at radius 3 is 2.57 bits per heavy atom. The fraction of sp³-hybridized carbons (Fsp3) is 0.250. The van der Waals surface area contributed by atoms with E-state index in [9.17, 15) is 9.90 Å². The van der Waals surface area contributed by atoms with Crippen LogP contribution in [-0.4, -0.2) is 33.5 Å². The van der Waals surface area contributed by atoms with Crippen molar-refractivity contribution < 1.29 is 9.90 Å². The molecule has 0 aliphatic heterocycles. The van der Waals surface area contributed by atoms with Gasteiger partial charge in [0.05, 0.1) is 17.1 Å². The Labute approximate surface area is 129 Å². The zero-order chi connectivity index (χ0) is 15.6. The summed E-state index contributed by atoms with van der Waals surface area (Å²) >= 11 is 4.89. The number of hydrogen-bond donors (Lipinski definition) is 2. The molecule has 0 unspecified atom stereocenters. The van der Waals surface area contributed by atoms with Crippen LogP contribution in [0.25, 0.3) is 10.8 Å². The predicted molar refractivity (Wildman–Crippen MR) is 88.6 cm³/mol. The Morgan fingerprint density at radius 2 is 1.95 bits per heavy atom. The standard InChI is InChI=1S/C16H18N2O2S/c1-10(2)18(9-14(17)21)16(20)13-8-7-11-5-3-4-6-12(11)15(13)19/h3-8,10,19H,9H2,1-2H3,(H2,17,21). The van der Waals surface area contributed by atoms with Gasteiger partial charge in [0.1, 0.15) is 5.75 Å². The number of fused-ring (bicyclic) bond motifs is 1. The summed E-state index contributed by atoms with van der Waals surface area (Å²) in [6, 6.07) is 10.8. The SMILES string of the molecule is CC(C)N(CC(N)=S)C(=O)c1ccc2ccccc2c1O. The minimum absolute atomic E-state index is 0.00769. The van der Waals surface area contributed by atoms with Gasteiger partial charge in [0.15, 0.2) is 0 Å². The van der Waals surface area contributed by atoms with Gasteiger partial charge in [-0.2, -0.15) is 0 Å². The molecule has 0 atom stereocenters. The normalized spacial score (nSPS) is 10.8. The lowest BCUT2D eigenvalue weighted by atomic mass is 10.0. The van der Waals surface area contributed by atoms with Gasteiger partial charge in [0.25, 0.3) is 5.91 Å². The number of hydrogen-bond acceptors (Lipinski definition) is 3. The Bertz CT molecular complexity index is 698. The third kappa shape index (κ3) is 3.13. The second-order valence-corrected chi connectivity index (χ2v) is 5.70. The second-order valence-electron chi connectivity index (χ2n) is 5.18. The molecule has 0 aliphatic carbocycles. The van der Waals surface area contributed by atoms with Gasteiger partial charge in [0, 0.05) is 11.4 Å². The van der Waals surface area contributed by atoms with Crippen molar-refractivity contribution in [2.45, 2.75) is 19.9 Å². The summed E-state index contributed by atoms with van der Waals surface area (Å²) in [5.74, 6) is -0.284. The molecule has 0 saturated heterocycles. The minimum Gasteiger partial charge on any atom is -0.506 e. The maximum Gasteiger partial charge on any atom is 0.258 e. The molecule has 0 bridgehead atoms. The average Bonchev–Trinajstić information content (AvgIpc) is 2.44. The molecule has 0 aromatic heterocycles. The van der Waals surface area contributed by atoms with E-state index in [2.05, 4.69) is 0 Å². The lowest BCUT2D eigenvalue weighted by molar-refractivity contribution is 0.0733. The third-order valence-electron chi connectivity index (χ3n) is 3.34. The molecule has 0 spiro atoms. The highest BCUT2D eigenvalue weighted by atomic mass is 32.1. The number of benzene rings is 2. The van der Waals surface area contributed by atoms with E-state index >= 15 is 0 Å².